The Bertz CT molecular complexity index is 538. The summed E-state index contributed by atoms with van der Waals surface area (Å²) in [6.45, 7) is 2.68. The molecule has 0 aromatic heterocycles. The summed E-state index contributed by atoms with van der Waals surface area (Å²) in [6, 6.07) is 6.72. The zero-order chi connectivity index (χ0) is 16.3. The first kappa shape index (κ1) is 19.2. The number of nitrogens with zero attached hydrogens (tertiary/aromatic N) is 1. The van der Waals surface area contributed by atoms with Crippen LogP contribution in [0.1, 0.15) is 31.2 Å². The van der Waals surface area contributed by atoms with E-state index in [9.17, 15) is 9.18 Å². The Kier molecular flexibility index (Phi) is 6.61. The van der Waals surface area contributed by atoms with Gasteiger partial charge in [-0.2, -0.15) is 0 Å². The molecule has 134 valence electrons. The van der Waals surface area contributed by atoms with E-state index in [2.05, 4.69) is 0 Å². The number of piperidine rings is 1. The van der Waals surface area contributed by atoms with E-state index < -0.39 is 5.54 Å². The highest BCUT2D eigenvalue weighted by atomic mass is 35.5. The number of halogens is 2. The van der Waals surface area contributed by atoms with Gasteiger partial charge in [-0.1, -0.05) is 12.1 Å². The van der Waals surface area contributed by atoms with Crippen LogP contribution in [-0.4, -0.2) is 42.6 Å². The Morgan fingerprint density at radius 2 is 1.79 bits per heavy atom. The summed E-state index contributed by atoms with van der Waals surface area (Å²) in [5.74, 6) is 0.438. The highest BCUT2D eigenvalue weighted by Crippen LogP contribution is 2.26. The molecule has 2 aliphatic rings. The second kappa shape index (κ2) is 8.28. The third-order valence-corrected chi connectivity index (χ3v) is 5.15. The van der Waals surface area contributed by atoms with Crippen LogP contribution in [0.4, 0.5) is 4.39 Å². The van der Waals surface area contributed by atoms with Crippen LogP contribution in [0.3, 0.4) is 0 Å². The SMILES string of the molecule is Cl.NC1(C(=O)N2CCC(Cc3ccc(F)cc3)CC2)CCOCC1. The van der Waals surface area contributed by atoms with Crippen LogP contribution in [0.15, 0.2) is 24.3 Å². The largest absolute Gasteiger partial charge is 0.381 e. The lowest BCUT2D eigenvalue weighted by molar-refractivity contribution is -0.142. The second-order valence-corrected chi connectivity index (χ2v) is 6.83. The van der Waals surface area contributed by atoms with Crippen molar-refractivity contribution in [1.82, 2.24) is 4.90 Å². The number of carbonyl (C=O) groups excluding carboxylic acids is 1. The number of likely N-dealkylation sites (tertiary alicyclic amines) is 1. The van der Waals surface area contributed by atoms with Gasteiger partial charge in [-0.25, -0.2) is 4.39 Å². The molecule has 0 bridgehead atoms. The van der Waals surface area contributed by atoms with Crippen molar-refractivity contribution in [3.8, 4) is 0 Å². The van der Waals surface area contributed by atoms with Crippen LogP contribution < -0.4 is 5.73 Å². The molecule has 1 aromatic carbocycles. The molecule has 0 radical (unpaired) electrons. The molecule has 2 saturated heterocycles. The molecule has 2 heterocycles. The van der Waals surface area contributed by atoms with Crippen LogP contribution in [0.25, 0.3) is 0 Å². The highest BCUT2D eigenvalue weighted by molar-refractivity contribution is 5.86. The molecule has 0 unspecified atom stereocenters. The van der Waals surface area contributed by atoms with E-state index in [0.717, 1.165) is 37.9 Å². The van der Waals surface area contributed by atoms with Gasteiger partial charge < -0.3 is 15.4 Å². The summed E-state index contributed by atoms with van der Waals surface area (Å²) in [4.78, 5) is 14.6. The third kappa shape index (κ3) is 4.47. The topological polar surface area (TPSA) is 55.6 Å². The van der Waals surface area contributed by atoms with Crippen LogP contribution in [-0.2, 0) is 16.0 Å². The Balaban J connectivity index is 0.00000208. The summed E-state index contributed by atoms with van der Waals surface area (Å²) < 4.78 is 18.3. The summed E-state index contributed by atoms with van der Waals surface area (Å²) in [5, 5.41) is 0. The quantitative estimate of drug-likeness (QED) is 0.905. The average Bonchev–Trinajstić information content (AvgIpc) is 2.58. The first-order valence-corrected chi connectivity index (χ1v) is 8.47. The van der Waals surface area contributed by atoms with Crippen molar-refractivity contribution in [1.29, 1.82) is 0 Å². The molecule has 4 nitrogen and oxygen atoms in total. The predicted molar refractivity (Wildman–Crippen MR) is 93.6 cm³/mol. The number of hydrogen-bond donors (Lipinski definition) is 1. The molecule has 2 aliphatic heterocycles. The van der Waals surface area contributed by atoms with Crippen LogP contribution in [0, 0.1) is 11.7 Å². The van der Waals surface area contributed by atoms with Crippen molar-refractivity contribution in [3.63, 3.8) is 0 Å². The fourth-order valence-electron chi connectivity index (χ4n) is 3.56. The minimum Gasteiger partial charge on any atom is -0.381 e. The zero-order valence-electron chi connectivity index (χ0n) is 13.9. The van der Waals surface area contributed by atoms with E-state index in [-0.39, 0.29) is 24.1 Å². The third-order valence-electron chi connectivity index (χ3n) is 5.15. The summed E-state index contributed by atoms with van der Waals surface area (Å²) in [7, 11) is 0. The Labute approximate surface area is 148 Å². The maximum absolute atomic E-state index is 13.0. The number of benzene rings is 1. The highest BCUT2D eigenvalue weighted by Gasteiger charge is 2.39. The summed E-state index contributed by atoms with van der Waals surface area (Å²) in [6.07, 6.45) is 4.14. The zero-order valence-corrected chi connectivity index (χ0v) is 14.7. The molecule has 3 rings (SSSR count). The number of amides is 1. The first-order valence-electron chi connectivity index (χ1n) is 8.47. The van der Waals surface area contributed by atoms with Crippen molar-refractivity contribution in [2.45, 2.75) is 37.6 Å². The van der Waals surface area contributed by atoms with Gasteiger partial charge in [0, 0.05) is 26.3 Å². The van der Waals surface area contributed by atoms with Crippen LogP contribution in [0.2, 0.25) is 0 Å². The maximum Gasteiger partial charge on any atom is 0.242 e. The normalized spacial score (nSPS) is 21.2. The molecular weight excluding hydrogens is 331 g/mol. The van der Waals surface area contributed by atoms with E-state index in [0.29, 0.717) is 32.0 Å². The van der Waals surface area contributed by atoms with Gasteiger partial charge in [-0.05, 0) is 55.7 Å². The number of carbonyl (C=O) groups is 1. The van der Waals surface area contributed by atoms with E-state index in [4.69, 9.17) is 10.5 Å². The molecule has 1 aromatic rings. The number of hydrogen-bond acceptors (Lipinski definition) is 3. The van der Waals surface area contributed by atoms with Crippen LogP contribution >= 0.6 is 12.4 Å². The molecular formula is C18H26ClFN2O2. The second-order valence-electron chi connectivity index (χ2n) is 6.83. The van der Waals surface area contributed by atoms with Crippen molar-refractivity contribution in [2.24, 2.45) is 11.7 Å². The van der Waals surface area contributed by atoms with Crippen molar-refractivity contribution in [2.75, 3.05) is 26.3 Å². The molecule has 24 heavy (non-hydrogen) atoms. The molecule has 0 aliphatic carbocycles. The molecule has 2 fully saturated rings. The minimum atomic E-state index is -0.734. The molecule has 0 saturated carbocycles. The maximum atomic E-state index is 13.0. The van der Waals surface area contributed by atoms with Crippen molar-refractivity contribution < 1.29 is 13.9 Å². The number of nitrogens with two attached hydrogens (primary N) is 1. The smallest absolute Gasteiger partial charge is 0.242 e. The van der Waals surface area contributed by atoms with Crippen LogP contribution in [0.5, 0.6) is 0 Å². The lowest BCUT2D eigenvalue weighted by Gasteiger charge is -2.40. The fourth-order valence-corrected chi connectivity index (χ4v) is 3.56. The Morgan fingerprint density at radius 1 is 1.21 bits per heavy atom. The minimum absolute atomic E-state index is 0. The summed E-state index contributed by atoms with van der Waals surface area (Å²) >= 11 is 0. The molecule has 0 spiro atoms. The standard InChI is InChI=1S/C18H25FN2O2.ClH/c19-16-3-1-14(2-4-16)13-15-5-9-21(10-6-15)17(22)18(20)7-11-23-12-8-18;/h1-4,15H,5-13,20H2;1H. The van der Waals surface area contributed by atoms with E-state index in [1.165, 1.54) is 12.1 Å². The molecule has 0 atom stereocenters. The van der Waals surface area contributed by atoms with Gasteiger partial charge in [0.2, 0.25) is 5.91 Å². The Morgan fingerprint density at radius 3 is 2.38 bits per heavy atom. The van der Waals surface area contributed by atoms with Gasteiger partial charge in [-0.15, -0.1) is 12.4 Å². The van der Waals surface area contributed by atoms with Gasteiger partial charge >= 0.3 is 0 Å². The number of rotatable bonds is 3. The average molecular weight is 357 g/mol. The Hall–Kier alpha value is -1.17. The van der Waals surface area contributed by atoms with Gasteiger partial charge in [0.05, 0.1) is 5.54 Å². The molecule has 1 amide bonds. The lowest BCUT2D eigenvalue weighted by Crippen LogP contribution is -2.59. The van der Waals surface area contributed by atoms with E-state index >= 15 is 0 Å². The van der Waals surface area contributed by atoms with E-state index in [1.54, 1.807) is 0 Å². The predicted octanol–water partition coefficient (Wildman–Crippen LogP) is 2.54. The molecule has 2 N–H and O–H groups in total. The van der Waals surface area contributed by atoms with Gasteiger partial charge in [0.15, 0.2) is 0 Å². The van der Waals surface area contributed by atoms with Crippen molar-refractivity contribution in [3.05, 3.63) is 35.6 Å². The van der Waals surface area contributed by atoms with Gasteiger partial charge in [-0.3, -0.25) is 4.79 Å². The van der Waals surface area contributed by atoms with E-state index in [1.807, 2.05) is 17.0 Å². The molecule has 6 heteroatoms. The van der Waals surface area contributed by atoms with Crippen molar-refractivity contribution >= 4 is 18.3 Å². The van der Waals surface area contributed by atoms with Gasteiger partial charge in [0.1, 0.15) is 5.82 Å². The lowest BCUT2D eigenvalue weighted by atomic mass is 9.86. The summed E-state index contributed by atoms with van der Waals surface area (Å²) in [5.41, 5.74) is 6.73. The monoisotopic (exact) mass is 356 g/mol. The number of ether oxygens (including phenoxy) is 1. The fraction of sp³-hybridized carbons (Fsp3) is 0.611. The first-order chi connectivity index (χ1) is 11.1. The van der Waals surface area contributed by atoms with Gasteiger partial charge in [0.25, 0.3) is 0 Å².